The standard InChI is InChI=1S/C35H26N2O/c1-2-8-24(9-3-1)35-36-31-19-18-25(20-32(31)37-35)22-14-16-23(17-15-22)29-21-30-27-11-6-7-13-33(27)38-34(30)28-12-5-4-10-26(28)29/h1-2,4-8,10-21,35-37H,3,9H2. The Kier molecular flexibility index (Phi) is 4.71. The fourth-order valence-corrected chi connectivity index (χ4v) is 5.99. The number of para-hydroxylation sites is 1. The van der Waals surface area contributed by atoms with Crippen LogP contribution >= 0.6 is 0 Å². The zero-order valence-corrected chi connectivity index (χ0v) is 20.9. The molecule has 6 aromatic rings. The molecule has 8 rings (SSSR count). The van der Waals surface area contributed by atoms with Crippen molar-refractivity contribution in [2.45, 2.75) is 19.0 Å². The Labute approximate surface area is 221 Å². The van der Waals surface area contributed by atoms with E-state index in [2.05, 4.69) is 114 Å². The van der Waals surface area contributed by atoms with E-state index in [0.29, 0.717) is 0 Å². The second kappa shape index (κ2) is 8.39. The van der Waals surface area contributed by atoms with E-state index < -0.39 is 0 Å². The summed E-state index contributed by atoms with van der Waals surface area (Å²) in [6.07, 6.45) is 9.00. The molecule has 3 heteroatoms. The summed E-state index contributed by atoms with van der Waals surface area (Å²) in [6, 6.07) is 34.7. The van der Waals surface area contributed by atoms with E-state index in [1.54, 1.807) is 0 Å². The molecule has 182 valence electrons. The molecule has 0 amide bonds. The van der Waals surface area contributed by atoms with E-state index in [-0.39, 0.29) is 6.17 Å². The van der Waals surface area contributed by atoms with Crippen LogP contribution in [0.3, 0.4) is 0 Å². The second-order valence-corrected chi connectivity index (χ2v) is 10.2. The average molecular weight is 491 g/mol. The van der Waals surface area contributed by atoms with Crippen molar-refractivity contribution in [2.75, 3.05) is 10.6 Å². The third kappa shape index (κ3) is 3.36. The van der Waals surface area contributed by atoms with Crippen molar-refractivity contribution < 1.29 is 4.42 Å². The van der Waals surface area contributed by atoms with Gasteiger partial charge in [0.05, 0.1) is 11.4 Å². The SMILES string of the molecule is C1=CCCC(C2Nc3ccc(-c4ccc(-c5cc6c7ccccc7oc6c6ccccc56)cc4)cc3N2)=C1. The molecule has 38 heavy (non-hydrogen) atoms. The summed E-state index contributed by atoms with van der Waals surface area (Å²) < 4.78 is 6.30. The summed E-state index contributed by atoms with van der Waals surface area (Å²) >= 11 is 0. The molecule has 1 aliphatic heterocycles. The van der Waals surface area contributed by atoms with Crippen LogP contribution in [-0.4, -0.2) is 6.17 Å². The topological polar surface area (TPSA) is 37.2 Å². The molecule has 1 aliphatic carbocycles. The lowest BCUT2D eigenvalue weighted by atomic mass is 9.94. The Morgan fingerprint density at radius 3 is 2.21 bits per heavy atom. The van der Waals surface area contributed by atoms with Crippen molar-refractivity contribution in [3.8, 4) is 22.3 Å². The lowest BCUT2D eigenvalue weighted by molar-refractivity contribution is 0.672. The minimum Gasteiger partial charge on any atom is -0.455 e. The van der Waals surface area contributed by atoms with Gasteiger partial charge < -0.3 is 15.1 Å². The summed E-state index contributed by atoms with van der Waals surface area (Å²) in [5, 5.41) is 12.0. The minimum atomic E-state index is 0.176. The number of allylic oxidation sites excluding steroid dienone is 3. The van der Waals surface area contributed by atoms with Gasteiger partial charge in [-0.05, 0) is 70.3 Å². The van der Waals surface area contributed by atoms with Crippen LogP contribution in [0.2, 0.25) is 0 Å². The quantitative estimate of drug-likeness (QED) is 0.259. The summed E-state index contributed by atoms with van der Waals surface area (Å²) in [6.45, 7) is 0. The monoisotopic (exact) mass is 490 g/mol. The molecule has 0 fully saturated rings. The highest BCUT2D eigenvalue weighted by atomic mass is 16.3. The Hall–Kier alpha value is -4.76. The zero-order chi connectivity index (χ0) is 25.1. The molecule has 0 saturated heterocycles. The van der Waals surface area contributed by atoms with Gasteiger partial charge >= 0.3 is 0 Å². The molecule has 1 atom stereocenters. The first-order valence-electron chi connectivity index (χ1n) is 13.3. The second-order valence-electron chi connectivity index (χ2n) is 10.2. The largest absolute Gasteiger partial charge is 0.455 e. The summed E-state index contributed by atoms with van der Waals surface area (Å²) in [5.41, 5.74) is 10.5. The number of fused-ring (bicyclic) bond motifs is 6. The molecule has 0 saturated carbocycles. The van der Waals surface area contributed by atoms with Crippen LogP contribution in [0.4, 0.5) is 11.4 Å². The van der Waals surface area contributed by atoms with Crippen LogP contribution in [0.1, 0.15) is 12.8 Å². The molecule has 1 unspecified atom stereocenters. The van der Waals surface area contributed by atoms with Gasteiger partial charge in [-0.2, -0.15) is 0 Å². The lowest BCUT2D eigenvalue weighted by Crippen LogP contribution is -2.25. The lowest BCUT2D eigenvalue weighted by Gasteiger charge is -2.17. The third-order valence-electron chi connectivity index (χ3n) is 7.95. The molecular formula is C35H26N2O. The maximum Gasteiger partial charge on any atom is 0.143 e. The number of rotatable bonds is 3. The fraction of sp³-hybridized carbons (Fsp3) is 0.0857. The normalized spacial score (nSPS) is 16.4. The molecule has 1 aromatic heterocycles. The predicted octanol–water partition coefficient (Wildman–Crippen LogP) is 9.51. The first-order valence-corrected chi connectivity index (χ1v) is 13.3. The Morgan fingerprint density at radius 2 is 1.37 bits per heavy atom. The molecule has 3 nitrogen and oxygen atoms in total. The molecule has 5 aromatic carbocycles. The van der Waals surface area contributed by atoms with E-state index >= 15 is 0 Å². The van der Waals surface area contributed by atoms with Gasteiger partial charge in [0.25, 0.3) is 0 Å². The van der Waals surface area contributed by atoms with Crippen LogP contribution in [0.15, 0.2) is 125 Å². The average Bonchev–Trinajstić information content (AvgIpc) is 3.59. The van der Waals surface area contributed by atoms with Crippen molar-refractivity contribution in [1.82, 2.24) is 0 Å². The molecule has 0 spiro atoms. The number of hydrogen-bond acceptors (Lipinski definition) is 3. The molecule has 0 bridgehead atoms. The van der Waals surface area contributed by atoms with Gasteiger partial charge in [-0.25, -0.2) is 0 Å². The van der Waals surface area contributed by atoms with Gasteiger partial charge in [0.15, 0.2) is 0 Å². The van der Waals surface area contributed by atoms with Gasteiger partial charge in [0.2, 0.25) is 0 Å². The first-order chi connectivity index (χ1) is 18.8. The molecule has 2 heterocycles. The molecule has 2 N–H and O–H groups in total. The van der Waals surface area contributed by atoms with E-state index in [0.717, 1.165) is 51.5 Å². The number of nitrogens with one attached hydrogen (secondary N) is 2. The van der Waals surface area contributed by atoms with Gasteiger partial charge in [-0.15, -0.1) is 0 Å². The van der Waals surface area contributed by atoms with Crippen molar-refractivity contribution in [3.63, 3.8) is 0 Å². The van der Waals surface area contributed by atoms with Crippen molar-refractivity contribution in [2.24, 2.45) is 0 Å². The highest BCUT2D eigenvalue weighted by Crippen LogP contribution is 2.41. The third-order valence-corrected chi connectivity index (χ3v) is 7.95. The number of anilines is 2. The maximum absolute atomic E-state index is 6.30. The van der Waals surface area contributed by atoms with Crippen LogP contribution in [-0.2, 0) is 0 Å². The Bertz CT molecular complexity index is 1920. The fourth-order valence-electron chi connectivity index (χ4n) is 5.99. The van der Waals surface area contributed by atoms with Gasteiger partial charge in [-0.3, -0.25) is 0 Å². The smallest absolute Gasteiger partial charge is 0.143 e. The zero-order valence-electron chi connectivity index (χ0n) is 20.9. The predicted molar refractivity (Wildman–Crippen MR) is 160 cm³/mol. The summed E-state index contributed by atoms with van der Waals surface area (Å²) in [7, 11) is 0. The summed E-state index contributed by atoms with van der Waals surface area (Å²) in [4.78, 5) is 0. The van der Waals surface area contributed by atoms with Crippen molar-refractivity contribution in [1.29, 1.82) is 0 Å². The van der Waals surface area contributed by atoms with Gasteiger partial charge in [0, 0.05) is 16.2 Å². The number of benzene rings is 5. The van der Waals surface area contributed by atoms with Crippen LogP contribution in [0, 0.1) is 0 Å². The van der Waals surface area contributed by atoms with Gasteiger partial charge in [-0.1, -0.05) is 91.0 Å². The highest BCUT2D eigenvalue weighted by Gasteiger charge is 2.23. The van der Waals surface area contributed by atoms with Crippen LogP contribution < -0.4 is 10.6 Å². The first kappa shape index (κ1) is 21.3. The highest BCUT2D eigenvalue weighted by molar-refractivity contribution is 6.19. The maximum atomic E-state index is 6.30. The minimum absolute atomic E-state index is 0.176. The summed E-state index contributed by atoms with van der Waals surface area (Å²) in [5.74, 6) is 0. The van der Waals surface area contributed by atoms with Crippen molar-refractivity contribution in [3.05, 3.63) is 121 Å². The van der Waals surface area contributed by atoms with Crippen LogP contribution in [0.5, 0.6) is 0 Å². The van der Waals surface area contributed by atoms with Crippen molar-refractivity contribution >= 4 is 44.1 Å². The van der Waals surface area contributed by atoms with E-state index in [1.165, 1.54) is 33.2 Å². The molecular weight excluding hydrogens is 464 g/mol. The Morgan fingerprint density at radius 1 is 0.632 bits per heavy atom. The Balaban J connectivity index is 1.17. The number of hydrogen-bond donors (Lipinski definition) is 2. The van der Waals surface area contributed by atoms with Gasteiger partial charge in [0.1, 0.15) is 17.3 Å². The van der Waals surface area contributed by atoms with E-state index in [1.807, 2.05) is 12.1 Å². The van der Waals surface area contributed by atoms with Crippen LogP contribution in [0.25, 0.3) is 55.0 Å². The number of furan rings is 1. The molecule has 0 radical (unpaired) electrons. The van der Waals surface area contributed by atoms with E-state index in [9.17, 15) is 0 Å². The van der Waals surface area contributed by atoms with E-state index in [4.69, 9.17) is 4.42 Å². The molecule has 2 aliphatic rings.